The Labute approximate surface area is 141 Å². The molecule has 1 saturated heterocycles. The zero-order chi connectivity index (χ0) is 16.1. The molecule has 0 amide bonds. The van der Waals surface area contributed by atoms with E-state index in [1.54, 1.807) is 23.8 Å². The Morgan fingerprint density at radius 1 is 1.26 bits per heavy atom. The predicted molar refractivity (Wildman–Crippen MR) is 93.1 cm³/mol. The zero-order valence-corrected chi connectivity index (χ0v) is 14.3. The van der Waals surface area contributed by atoms with Gasteiger partial charge in [0.15, 0.2) is 0 Å². The van der Waals surface area contributed by atoms with E-state index in [-0.39, 0.29) is 0 Å². The van der Waals surface area contributed by atoms with Crippen LogP contribution in [0.1, 0.15) is 24.8 Å². The average molecular weight is 328 g/mol. The molecule has 23 heavy (non-hydrogen) atoms. The third-order valence-corrected chi connectivity index (χ3v) is 5.36. The molecule has 0 bridgehead atoms. The summed E-state index contributed by atoms with van der Waals surface area (Å²) in [6.07, 6.45) is 4.07. The maximum atomic E-state index is 9.41. The number of nitrogens with zero attached hydrogens (tertiary/aromatic N) is 2. The number of hydrogen-bond donors (Lipinski definition) is 1. The van der Waals surface area contributed by atoms with Gasteiger partial charge in [-0.25, -0.2) is 4.98 Å². The van der Waals surface area contributed by atoms with Crippen LogP contribution in [-0.4, -0.2) is 37.5 Å². The van der Waals surface area contributed by atoms with Gasteiger partial charge in [0.25, 0.3) is 0 Å². The highest BCUT2D eigenvalue weighted by Crippen LogP contribution is 2.26. The number of rotatable bonds is 5. The van der Waals surface area contributed by atoms with Gasteiger partial charge in [-0.05, 0) is 43.5 Å². The number of aromatic nitrogens is 1. The monoisotopic (exact) mass is 328 g/mol. The molecule has 4 nitrogen and oxygen atoms in total. The number of thioether (sulfide) groups is 1. The summed E-state index contributed by atoms with van der Waals surface area (Å²) >= 11 is 1.70. The minimum atomic E-state index is 0.657. The molecule has 0 spiro atoms. The fraction of sp³-hybridized carbons (Fsp3) is 0.444. The molecule has 1 aliphatic rings. The molecule has 0 aliphatic carbocycles. The van der Waals surface area contributed by atoms with E-state index in [0.29, 0.717) is 5.56 Å². The van der Waals surface area contributed by atoms with E-state index in [1.807, 2.05) is 24.3 Å². The first-order chi connectivity index (χ1) is 11.3. The number of nitrogens with one attached hydrogen (secondary N) is 1. The fourth-order valence-corrected chi connectivity index (χ4v) is 4.05. The number of benzene rings is 1. The summed E-state index contributed by atoms with van der Waals surface area (Å²) in [7, 11) is 1.65. The van der Waals surface area contributed by atoms with E-state index in [4.69, 9.17) is 4.74 Å². The van der Waals surface area contributed by atoms with Crippen molar-refractivity contribution in [2.75, 3.05) is 32.5 Å². The van der Waals surface area contributed by atoms with Crippen LogP contribution in [0.15, 0.2) is 29.3 Å². The van der Waals surface area contributed by atoms with Crippen molar-refractivity contribution in [2.45, 2.75) is 24.3 Å². The summed E-state index contributed by atoms with van der Waals surface area (Å²) in [5.41, 5.74) is 1.57. The van der Waals surface area contributed by atoms with Gasteiger partial charge in [0, 0.05) is 11.1 Å². The van der Waals surface area contributed by atoms with Crippen molar-refractivity contribution in [3.8, 4) is 11.8 Å². The Bertz CT molecular complexity index is 720. The molecule has 1 N–H and O–H groups in total. The lowest BCUT2D eigenvalue weighted by Gasteiger charge is -2.23. The standard InChI is InChI=1S/C18H21N3OS/c1-22-16-5-6-17-14(12-16)11-15(13-19)18(20-17)23-10-9-21-7-3-2-4-8-21/h5-6,11-12H,2-4,7-10H2,1H3/p+1. The van der Waals surface area contributed by atoms with Crippen LogP contribution in [-0.2, 0) is 0 Å². The number of nitriles is 1. The number of hydrogen-bond acceptors (Lipinski definition) is 4. The second kappa shape index (κ2) is 7.67. The highest BCUT2D eigenvalue weighted by atomic mass is 32.2. The van der Waals surface area contributed by atoms with Crippen LogP contribution in [0.2, 0.25) is 0 Å². The Hall–Kier alpha value is -1.77. The van der Waals surface area contributed by atoms with Crippen LogP contribution in [0, 0.1) is 11.3 Å². The van der Waals surface area contributed by atoms with Gasteiger partial charge in [-0.2, -0.15) is 5.26 Å². The molecule has 0 unspecified atom stereocenters. The molecule has 2 heterocycles. The van der Waals surface area contributed by atoms with Gasteiger partial charge in [-0.1, -0.05) is 11.8 Å². The summed E-state index contributed by atoms with van der Waals surface area (Å²) in [5, 5.41) is 11.2. The van der Waals surface area contributed by atoms with E-state index in [0.717, 1.165) is 34.0 Å². The summed E-state index contributed by atoms with van der Waals surface area (Å²) in [4.78, 5) is 6.37. The number of methoxy groups -OCH3 is 1. The van der Waals surface area contributed by atoms with Crippen LogP contribution >= 0.6 is 11.8 Å². The first-order valence-electron chi connectivity index (χ1n) is 8.15. The maximum absolute atomic E-state index is 9.41. The van der Waals surface area contributed by atoms with Crippen molar-refractivity contribution in [3.63, 3.8) is 0 Å². The first-order valence-corrected chi connectivity index (χ1v) is 9.14. The average Bonchev–Trinajstić information content (AvgIpc) is 2.61. The molecule has 2 aromatic rings. The van der Waals surface area contributed by atoms with Crippen LogP contribution in [0.5, 0.6) is 5.75 Å². The van der Waals surface area contributed by atoms with Gasteiger partial charge in [-0.3, -0.25) is 0 Å². The summed E-state index contributed by atoms with van der Waals surface area (Å²) in [6, 6.07) is 9.99. The number of ether oxygens (including phenoxy) is 1. The van der Waals surface area contributed by atoms with Gasteiger partial charge in [0.1, 0.15) is 16.8 Å². The van der Waals surface area contributed by atoms with Gasteiger partial charge in [0.2, 0.25) is 0 Å². The molecule has 1 aromatic heterocycles. The summed E-state index contributed by atoms with van der Waals surface area (Å²) in [5.74, 6) is 1.80. The summed E-state index contributed by atoms with van der Waals surface area (Å²) in [6.45, 7) is 3.73. The highest BCUT2D eigenvalue weighted by Gasteiger charge is 2.14. The van der Waals surface area contributed by atoms with Gasteiger partial charge < -0.3 is 9.64 Å². The Morgan fingerprint density at radius 2 is 2.09 bits per heavy atom. The SMILES string of the molecule is COc1ccc2nc(SCC[NH+]3CCCCC3)c(C#N)cc2c1. The topological polar surface area (TPSA) is 50.4 Å². The first kappa shape index (κ1) is 16.1. The van der Waals surface area contributed by atoms with Crippen molar-refractivity contribution in [1.29, 1.82) is 5.26 Å². The Kier molecular flexibility index (Phi) is 5.37. The molecule has 0 atom stereocenters. The normalized spacial score (nSPS) is 15.5. The second-order valence-corrected chi connectivity index (χ2v) is 7.00. The van der Waals surface area contributed by atoms with E-state index >= 15 is 0 Å². The molecule has 1 fully saturated rings. The largest absolute Gasteiger partial charge is 0.497 e. The van der Waals surface area contributed by atoms with Crippen molar-refractivity contribution in [2.24, 2.45) is 0 Å². The van der Waals surface area contributed by atoms with Crippen molar-refractivity contribution in [1.82, 2.24) is 4.98 Å². The minimum Gasteiger partial charge on any atom is -0.497 e. The molecule has 1 aliphatic heterocycles. The van der Waals surface area contributed by atoms with E-state index in [9.17, 15) is 5.26 Å². The zero-order valence-electron chi connectivity index (χ0n) is 13.5. The molecular weight excluding hydrogens is 306 g/mol. The maximum Gasteiger partial charge on any atom is 0.119 e. The number of likely N-dealkylation sites (tertiary alicyclic amines) is 1. The van der Waals surface area contributed by atoms with Gasteiger partial charge in [-0.15, -0.1) is 0 Å². The Morgan fingerprint density at radius 3 is 2.83 bits per heavy atom. The third-order valence-electron chi connectivity index (χ3n) is 4.36. The van der Waals surface area contributed by atoms with Crippen LogP contribution in [0.3, 0.4) is 0 Å². The molecule has 1 aromatic carbocycles. The number of quaternary nitrogens is 1. The Balaban J connectivity index is 1.73. The van der Waals surface area contributed by atoms with E-state index in [2.05, 4.69) is 11.1 Å². The fourth-order valence-electron chi connectivity index (χ4n) is 3.05. The molecule has 5 heteroatoms. The van der Waals surface area contributed by atoms with Crippen molar-refractivity contribution in [3.05, 3.63) is 29.8 Å². The molecular formula is C18H22N3OS+. The predicted octanol–water partition coefficient (Wildman–Crippen LogP) is 2.28. The third kappa shape index (κ3) is 3.95. The van der Waals surface area contributed by atoms with Crippen LogP contribution in [0.25, 0.3) is 10.9 Å². The smallest absolute Gasteiger partial charge is 0.119 e. The number of fused-ring (bicyclic) bond motifs is 1. The number of pyridine rings is 1. The lowest BCUT2D eigenvalue weighted by atomic mass is 10.1. The van der Waals surface area contributed by atoms with E-state index < -0.39 is 0 Å². The molecule has 0 radical (unpaired) electrons. The highest BCUT2D eigenvalue weighted by molar-refractivity contribution is 7.99. The molecule has 120 valence electrons. The second-order valence-electron chi connectivity index (χ2n) is 5.92. The lowest BCUT2D eigenvalue weighted by molar-refractivity contribution is -0.902. The van der Waals surface area contributed by atoms with Gasteiger partial charge >= 0.3 is 0 Å². The van der Waals surface area contributed by atoms with Gasteiger partial charge in [0.05, 0.1) is 37.8 Å². The van der Waals surface area contributed by atoms with Crippen molar-refractivity contribution < 1.29 is 9.64 Å². The lowest BCUT2D eigenvalue weighted by Crippen LogP contribution is -3.13. The van der Waals surface area contributed by atoms with Crippen molar-refractivity contribution >= 4 is 22.7 Å². The minimum absolute atomic E-state index is 0.657. The number of piperidine rings is 1. The summed E-state index contributed by atoms with van der Waals surface area (Å²) < 4.78 is 5.24. The molecule has 3 rings (SSSR count). The quantitative estimate of drug-likeness (QED) is 0.856. The van der Waals surface area contributed by atoms with Crippen LogP contribution in [0.4, 0.5) is 0 Å². The van der Waals surface area contributed by atoms with Crippen LogP contribution < -0.4 is 9.64 Å². The van der Waals surface area contributed by atoms with E-state index in [1.165, 1.54) is 32.4 Å². The molecule has 0 saturated carbocycles.